The van der Waals surface area contributed by atoms with E-state index in [-0.39, 0.29) is 6.42 Å². The highest BCUT2D eigenvalue weighted by Crippen LogP contribution is 2.33. The van der Waals surface area contributed by atoms with Gasteiger partial charge in [-0.1, -0.05) is 30.3 Å². The van der Waals surface area contributed by atoms with E-state index in [2.05, 4.69) is 0 Å². The van der Waals surface area contributed by atoms with Crippen molar-refractivity contribution in [1.29, 1.82) is 0 Å². The lowest BCUT2D eigenvalue weighted by Crippen LogP contribution is -2.51. The number of ether oxygens (including phenoxy) is 1. The maximum atomic E-state index is 10.3. The van der Waals surface area contributed by atoms with Gasteiger partial charge in [0.2, 0.25) is 0 Å². The molecule has 0 bridgehead atoms. The van der Waals surface area contributed by atoms with Crippen LogP contribution < -0.4 is 0 Å². The molecule has 1 aromatic carbocycles. The first-order chi connectivity index (χ1) is 8.08. The minimum Gasteiger partial charge on any atom is -0.394 e. The van der Waals surface area contributed by atoms with Gasteiger partial charge in [-0.2, -0.15) is 0 Å². The molecule has 94 valence electrons. The minimum absolute atomic E-state index is 0.108. The molecule has 5 nitrogen and oxygen atoms in total. The van der Waals surface area contributed by atoms with Crippen molar-refractivity contribution in [3.8, 4) is 0 Å². The Morgan fingerprint density at radius 3 is 2.41 bits per heavy atom. The van der Waals surface area contributed by atoms with Gasteiger partial charge in [0.15, 0.2) is 6.29 Å². The van der Waals surface area contributed by atoms with Crippen LogP contribution in [0.15, 0.2) is 30.3 Å². The van der Waals surface area contributed by atoms with Crippen LogP contribution in [0.5, 0.6) is 0 Å². The Balaban J connectivity index is 2.22. The van der Waals surface area contributed by atoms with E-state index in [0.29, 0.717) is 0 Å². The van der Waals surface area contributed by atoms with Gasteiger partial charge in [0.05, 0.1) is 6.61 Å². The van der Waals surface area contributed by atoms with Gasteiger partial charge in [-0.25, -0.2) is 0 Å². The summed E-state index contributed by atoms with van der Waals surface area (Å²) in [6, 6.07) is 9.05. The Labute approximate surface area is 98.9 Å². The molecule has 1 saturated heterocycles. The Morgan fingerprint density at radius 2 is 1.82 bits per heavy atom. The van der Waals surface area contributed by atoms with Gasteiger partial charge in [0.1, 0.15) is 17.8 Å². The Hall–Kier alpha value is -0.980. The van der Waals surface area contributed by atoms with E-state index in [9.17, 15) is 15.3 Å². The molecule has 4 N–H and O–H groups in total. The summed E-state index contributed by atoms with van der Waals surface area (Å²) in [6.07, 6.45) is -3.79. The summed E-state index contributed by atoms with van der Waals surface area (Å²) < 4.78 is 4.92. The molecule has 0 spiro atoms. The monoisotopic (exact) mass is 240 g/mol. The lowest BCUT2D eigenvalue weighted by atomic mass is 9.86. The van der Waals surface area contributed by atoms with Crippen molar-refractivity contribution in [3.05, 3.63) is 35.9 Å². The summed E-state index contributed by atoms with van der Waals surface area (Å²) in [5.41, 5.74) is -0.875. The van der Waals surface area contributed by atoms with Crippen LogP contribution in [0.4, 0.5) is 0 Å². The number of benzene rings is 1. The van der Waals surface area contributed by atoms with Gasteiger partial charge in [0, 0.05) is 6.42 Å². The third-order valence-corrected chi connectivity index (χ3v) is 3.14. The second kappa shape index (κ2) is 4.72. The second-order valence-electron chi connectivity index (χ2n) is 4.30. The third-order valence-electron chi connectivity index (χ3n) is 3.14. The first-order valence-electron chi connectivity index (χ1n) is 5.46. The number of aliphatic hydroxyl groups excluding tert-OH is 3. The van der Waals surface area contributed by atoms with Crippen LogP contribution in [-0.4, -0.2) is 51.1 Å². The molecule has 0 saturated carbocycles. The molecular formula is C12H16O5. The average molecular weight is 240 g/mol. The van der Waals surface area contributed by atoms with Crippen LogP contribution >= 0.6 is 0 Å². The highest BCUT2D eigenvalue weighted by atomic mass is 16.7. The van der Waals surface area contributed by atoms with Gasteiger partial charge >= 0.3 is 0 Å². The molecule has 1 aliphatic heterocycles. The molecule has 0 aromatic heterocycles. The molecule has 2 rings (SSSR count). The molecule has 0 amide bonds. The van der Waals surface area contributed by atoms with E-state index >= 15 is 0 Å². The smallest absolute Gasteiger partial charge is 0.184 e. The maximum Gasteiger partial charge on any atom is 0.184 e. The van der Waals surface area contributed by atoms with Crippen molar-refractivity contribution in [2.24, 2.45) is 0 Å². The average Bonchev–Trinajstić information content (AvgIpc) is 2.55. The maximum absolute atomic E-state index is 10.3. The SMILES string of the molecule is OC[C@H]1O[C@H](O)[C@H](O)[C@]1(O)Cc1ccccc1. The highest BCUT2D eigenvalue weighted by Gasteiger charge is 2.54. The molecule has 1 aromatic rings. The van der Waals surface area contributed by atoms with Gasteiger partial charge in [0.25, 0.3) is 0 Å². The quantitative estimate of drug-likeness (QED) is 0.546. The molecular weight excluding hydrogens is 224 g/mol. The molecule has 17 heavy (non-hydrogen) atoms. The van der Waals surface area contributed by atoms with E-state index in [1.807, 2.05) is 18.2 Å². The van der Waals surface area contributed by atoms with Crippen molar-refractivity contribution in [3.63, 3.8) is 0 Å². The predicted octanol–water partition coefficient (Wildman–Crippen LogP) is -0.969. The van der Waals surface area contributed by atoms with E-state index in [4.69, 9.17) is 9.84 Å². The topological polar surface area (TPSA) is 90.2 Å². The molecule has 1 aliphatic rings. The van der Waals surface area contributed by atoms with Crippen LogP contribution in [0, 0.1) is 0 Å². The fourth-order valence-corrected chi connectivity index (χ4v) is 2.14. The number of rotatable bonds is 3. The Kier molecular flexibility index (Phi) is 3.46. The number of aliphatic hydroxyl groups is 4. The lowest BCUT2D eigenvalue weighted by molar-refractivity contribution is -0.132. The lowest BCUT2D eigenvalue weighted by Gasteiger charge is -2.29. The summed E-state index contributed by atoms with van der Waals surface area (Å²) in [5, 5.41) is 38.6. The van der Waals surface area contributed by atoms with Gasteiger partial charge in [-0.3, -0.25) is 0 Å². The Bertz CT molecular complexity index is 368. The first kappa shape index (κ1) is 12.5. The summed E-state index contributed by atoms with van der Waals surface area (Å²) in [4.78, 5) is 0. The van der Waals surface area contributed by atoms with Crippen LogP contribution in [0.1, 0.15) is 5.56 Å². The summed E-state index contributed by atoms with van der Waals surface area (Å²) in [6.45, 7) is -0.461. The molecule has 0 radical (unpaired) electrons. The Morgan fingerprint density at radius 1 is 1.18 bits per heavy atom. The third kappa shape index (κ3) is 2.20. The van der Waals surface area contributed by atoms with Crippen molar-refractivity contribution in [2.45, 2.75) is 30.5 Å². The van der Waals surface area contributed by atoms with Crippen molar-refractivity contribution in [1.82, 2.24) is 0 Å². The minimum atomic E-state index is -1.67. The standard InChI is InChI=1S/C12H16O5/c13-7-9-12(16,10(14)11(15)17-9)6-8-4-2-1-3-5-8/h1-5,9-11,13-16H,6-7H2/t9-,10+,11+,12+/m1/s1. The highest BCUT2D eigenvalue weighted by molar-refractivity contribution is 5.19. The van der Waals surface area contributed by atoms with Crippen LogP contribution in [0.3, 0.4) is 0 Å². The zero-order valence-electron chi connectivity index (χ0n) is 9.23. The summed E-state index contributed by atoms with van der Waals surface area (Å²) in [7, 11) is 0. The van der Waals surface area contributed by atoms with Gasteiger partial charge in [-0.05, 0) is 5.56 Å². The van der Waals surface area contributed by atoms with E-state index in [1.54, 1.807) is 12.1 Å². The van der Waals surface area contributed by atoms with Crippen LogP contribution in [0.25, 0.3) is 0 Å². The van der Waals surface area contributed by atoms with E-state index < -0.39 is 30.7 Å². The van der Waals surface area contributed by atoms with E-state index in [0.717, 1.165) is 5.56 Å². The molecule has 5 heteroatoms. The largest absolute Gasteiger partial charge is 0.394 e. The van der Waals surface area contributed by atoms with E-state index in [1.165, 1.54) is 0 Å². The van der Waals surface area contributed by atoms with Crippen molar-refractivity contribution in [2.75, 3.05) is 6.61 Å². The summed E-state index contributed by atoms with van der Waals surface area (Å²) in [5.74, 6) is 0. The zero-order chi connectivity index (χ0) is 12.5. The number of hydrogen-bond acceptors (Lipinski definition) is 5. The van der Waals surface area contributed by atoms with Crippen LogP contribution in [0.2, 0.25) is 0 Å². The van der Waals surface area contributed by atoms with Crippen molar-refractivity contribution < 1.29 is 25.2 Å². The number of hydrogen-bond donors (Lipinski definition) is 4. The first-order valence-corrected chi connectivity index (χ1v) is 5.46. The fourth-order valence-electron chi connectivity index (χ4n) is 2.14. The van der Waals surface area contributed by atoms with Gasteiger partial charge < -0.3 is 25.2 Å². The molecule has 1 heterocycles. The molecule has 0 unspecified atom stereocenters. The molecule has 0 aliphatic carbocycles. The predicted molar refractivity (Wildman–Crippen MR) is 59.1 cm³/mol. The van der Waals surface area contributed by atoms with Crippen molar-refractivity contribution >= 4 is 0 Å². The second-order valence-corrected chi connectivity index (χ2v) is 4.30. The zero-order valence-corrected chi connectivity index (χ0v) is 9.23. The summed E-state index contributed by atoms with van der Waals surface area (Å²) >= 11 is 0. The normalized spacial score (nSPS) is 37.3. The molecule has 1 fully saturated rings. The fraction of sp³-hybridized carbons (Fsp3) is 0.500. The molecule has 4 atom stereocenters. The van der Waals surface area contributed by atoms with Crippen LogP contribution in [-0.2, 0) is 11.2 Å². The van der Waals surface area contributed by atoms with Gasteiger partial charge in [-0.15, -0.1) is 0 Å².